The van der Waals surface area contributed by atoms with Gasteiger partial charge in [-0.1, -0.05) is 18.2 Å². The number of benzene rings is 1. The van der Waals surface area contributed by atoms with Gasteiger partial charge in [-0.15, -0.1) is 5.10 Å². The normalized spacial score (nSPS) is 14.6. The van der Waals surface area contributed by atoms with Crippen molar-refractivity contribution in [1.82, 2.24) is 20.2 Å². The lowest BCUT2D eigenvalue weighted by atomic mass is 9.95. The zero-order valence-corrected chi connectivity index (χ0v) is 15.5. The standard InChI is InChI=1S/C19H19N7O3/c27-18(22-19-21-17(23-24-19)14-5-3-4-10-20-14)13-8-11-25(12-9-13)15-6-1-2-7-16(15)26(28)29/h1-7,10,13H,8-9,11-12H2,(H2,21,22,23,24,27). The SMILES string of the molecule is O=C(Nc1n[nH]c(-c2ccccn2)n1)C1CCN(c2ccccc2[N+](=O)[O-])CC1. The average Bonchev–Trinajstić information content (AvgIpc) is 3.23. The van der Waals surface area contributed by atoms with Gasteiger partial charge in [-0.25, -0.2) is 0 Å². The summed E-state index contributed by atoms with van der Waals surface area (Å²) in [5, 5.41) is 20.8. The number of anilines is 2. The van der Waals surface area contributed by atoms with Gasteiger partial charge < -0.3 is 4.90 Å². The summed E-state index contributed by atoms with van der Waals surface area (Å²) >= 11 is 0. The van der Waals surface area contributed by atoms with E-state index in [1.807, 2.05) is 11.0 Å². The highest BCUT2D eigenvalue weighted by atomic mass is 16.6. The fourth-order valence-electron chi connectivity index (χ4n) is 3.42. The molecule has 0 atom stereocenters. The fourth-order valence-corrected chi connectivity index (χ4v) is 3.42. The first kappa shape index (κ1) is 18.5. The van der Waals surface area contributed by atoms with Crippen LogP contribution >= 0.6 is 0 Å². The number of para-hydroxylation sites is 2. The highest BCUT2D eigenvalue weighted by Gasteiger charge is 2.28. The van der Waals surface area contributed by atoms with Crippen LogP contribution in [0.15, 0.2) is 48.7 Å². The summed E-state index contributed by atoms with van der Waals surface area (Å²) in [7, 11) is 0. The molecule has 3 aromatic rings. The van der Waals surface area contributed by atoms with Crippen LogP contribution in [0.2, 0.25) is 0 Å². The molecule has 10 heteroatoms. The lowest BCUT2D eigenvalue weighted by Crippen LogP contribution is -2.38. The van der Waals surface area contributed by atoms with Crippen molar-refractivity contribution in [2.24, 2.45) is 5.92 Å². The van der Waals surface area contributed by atoms with Crippen LogP contribution in [0.3, 0.4) is 0 Å². The third-order valence-electron chi connectivity index (χ3n) is 4.91. The van der Waals surface area contributed by atoms with E-state index in [-0.39, 0.29) is 28.4 Å². The van der Waals surface area contributed by atoms with Gasteiger partial charge in [0.2, 0.25) is 11.9 Å². The molecule has 2 aromatic heterocycles. The first-order chi connectivity index (χ1) is 14.1. The van der Waals surface area contributed by atoms with Gasteiger partial charge in [0.05, 0.1) is 4.92 Å². The first-order valence-corrected chi connectivity index (χ1v) is 9.25. The molecule has 1 amide bonds. The molecule has 1 saturated heterocycles. The zero-order valence-electron chi connectivity index (χ0n) is 15.5. The van der Waals surface area contributed by atoms with Crippen LogP contribution in [0.1, 0.15) is 12.8 Å². The van der Waals surface area contributed by atoms with Gasteiger partial charge >= 0.3 is 0 Å². The van der Waals surface area contributed by atoms with Crippen molar-refractivity contribution in [2.45, 2.75) is 12.8 Å². The number of pyridine rings is 1. The number of amides is 1. The van der Waals surface area contributed by atoms with E-state index in [2.05, 4.69) is 25.5 Å². The second-order valence-corrected chi connectivity index (χ2v) is 6.72. The summed E-state index contributed by atoms with van der Waals surface area (Å²) in [6.45, 7) is 1.13. The Balaban J connectivity index is 1.36. The van der Waals surface area contributed by atoms with Crippen molar-refractivity contribution in [3.05, 3.63) is 58.8 Å². The number of carbonyl (C=O) groups excluding carboxylic acids is 1. The van der Waals surface area contributed by atoms with Crippen molar-refractivity contribution in [3.63, 3.8) is 0 Å². The predicted octanol–water partition coefficient (Wildman–Crippen LogP) is 2.63. The molecule has 0 spiro atoms. The summed E-state index contributed by atoms with van der Waals surface area (Å²) in [5.74, 6) is 0.327. The second-order valence-electron chi connectivity index (χ2n) is 6.72. The van der Waals surface area contributed by atoms with Crippen molar-refractivity contribution >= 4 is 23.2 Å². The van der Waals surface area contributed by atoms with Crippen LogP contribution in [0.5, 0.6) is 0 Å². The molecule has 1 aliphatic rings. The molecule has 1 aromatic carbocycles. The molecule has 0 radical (unpaired) electrons. The van der Waals surface area contributed by atoms with E-state index < -0.39 is 0 Å². The zero-order chi connectivity index (χ0) is 20.2. The minimum atomic E-state index is -0.378. The Morgan fingerprint density at radius 1 is 1.17 bits per heavy atom. The van der Waals surface area contributed by atoms with Gasteiger partial charge in [0, 0.05) is 31.3 Å². The Bertz CT molecular complexity index is 1010. The largest absolute Gasteiger partial charge is 0.366 e. The molecule has 29 heavy (non-hydrogen) atoms. The molecule has 1 fully saturated rings. The molecule has 3 heterocycles. The Hall–Kier alpha value is -3.82. The summed E-state index contributed by atoms with van der Waals surface area (Å²) in [4.78, 5) is 33.8. The number of H-pyrrole nitrogens is 1. The number of nitro groups is 1. The molecule has 1 aliphatic heterocycles. The monoisotopic (exact) mass is 393 g/mol. The van der Waals surface area contributed by atoms with Gasteiger partial charge in [0.15, 0.2) is 5.82 Å². The minimum Gasteiger partial charge on any atom is -0.366 e. The van der Waals surface area contributed by atoms with E-state index in [1.54, 1.807) is 36.5 Å². The number of nitrogens with zero attached hydrogens (tertiary/aromatic N) is 5. The number of carbonyl (C=O) groups is 1. The lowest BCUT2D eigenvalue weighted by Gasteiger charge is -2.32. The fraction of sp³-hybridized carbons (Fsp3) is 0.263. The number of hydrogen-bond acceptors (Lipinski definition) is 7. The highest BCUT2D eigenvalue weighted by Crippen LogP contribution is 2.31. The van der Waals surface area contributed by atoms with Crippen molar-refractivity contribution in [2.75, 3.05) is 23.3 Å². The molecule has 4 rings (SSSR count). The number of aromatic nitrogens is 4. The van der Waals surface area contributed by atoms with Gasteiger partial charge in [-0.3, -0.25) is 30.3 Å². The lowest BCUT2D eigenvalue weighted by molar-refractivity contribution is -0.384. The number of piperidine rings is 1. The van der Waals surface area contributed by atoms with Crippen LogP contribution in [0.4, 0.5) is 17.3 Å². The minimum absolute atomic E-state index is 0.0816. The molecule has 0 bridgehead atoms. The topological polar surface area (TPSA) is 130 Å². The molecule has 10 nitrogen and oxygen atoms in total. The first-order valence-electron chi connectivity index (χ1n) is 9.25. The maximum Gasteiger partial charge on any atom is 0.292 e. The summed E-state index contributed by atoms with van der Waals surface area (Å²) in [6, 6.07) is 12.1. The van der Waals surface area contributed by atoms with E-state index in [0.29, 0.717) is 43.1 Å². The molecular weight excluding hydrogens is 374 g/mol. The Morgan fingerprint density at radius 2 is 1.93 bits per heavy atom. The van der Waals surface area contributed by atoms with Gasteiger partial charge in [0.1, 0.15) is 11.4 Å². The van der Waals surface area contributed by atoms with Crippen LogP contribution in [-0.2, 0) is 4.79 Å². The Morgan fingerprint density at radius 3 is 2.66 bits per heavy atom. The number of nitrogens with one attached hydrogen (secondary N) is 2. The number of rotatable bonds is 5. The summed E-state index contributed by atoms with van der Waals surface area (Å²) in [6.07, 6.45) is 2.84. The average molecular weight is 393 g/mol. The Labute approximate surface area is 166 Å². The molecule has 0 aliphatic carbocycles. The quantitative estimate of drug-likeness (QED) is 0.503. The third-order valence-corrected chi connectivity index (χ3v) is 4.91. The molecule has 148 valence electrons. The van der Waals surface area contributed by atoms with Crippen molar-refractivity contribution < 1.29 is 9.72 Å². The van der Waals surface area contributed by atoms with Gasteiger partial charge in [-0.2, -0.15) is 4.98 Å². The van der Waals surface area contributed by atoms with E-state index in [0.717, 1.165) is 0 Å². The molecular formula is C19H19N7O3. The summed E-state index contributed by atoms with van der Waals surface area (Å²) in [5.41, 5.74) is 1.31. The molecule has 0 saturated carbocycles. The van der Waals surface area contributed by atoms with Crippen LogP contribution in [0, 0.1) is 16.0 Å². The number of nitro benzene ring substituents is 1. The van der Waals surface area contributed by atoms with Crippen LogP contribution in [-0.4, -0.2) is 44.1 Å². The second kappa shape index (κ2) is 8.05. The molecule has 0 unspecified atom stereocenters. The van der Waals surface area contributed by atoms with Gasteiger partial charge in [0.25, 0.3) is 5.69 Å². The van der Waals surface area contributed by atoms with Crippen LogP contribution < -0.4 is 10.2 Å². The predicted molar refractivity (Wildman–Crippen MR) is 106 cm³/mol. The van der Waals surface area contributed by atoms with Crippen molar-refractivity contribution in [3.8, 4) is 11.5 Å². The van der Waals surface area contributed by atoms with Gasteiger partial charge in [-0.05, 0) is 31.0 Å². The number of aromatic amines is 1. The smallest absolute Gasteiger partial charge is 0.292 e. The third kappa shape index (κ3) is 4.05. The Kier molecular flexibility index (Phi) is 5.14. The van der Waals surface area contributed by atoms with Crippen molar-refractivity contribution in [1.29, 1.82) is 0 Å². The molecule has 2 N–H and O–H groups in total. The van der Waals surface area contributed by atoms with E-state index in [4.69, 9.17) is 0 Å². The maximum atomic E-state index is 12.6. The number of hydrogen-bond donors (Lipinski definition) is 2. The van der Waals surface area contributed by atoms with Crippen LogP contribution in [0.25, 0.3) is 11.5 Å². The van der Waals surface area contributed by atoms with E-state index in [9.17, 15) is 14.9 Å². The maximum absolute atomic E-state index is 12.6. The summed E-state index contributed by atoms with van der Waals surface area (Å²) < 4.78 is 0. The highest BCUT2D eigenvalue weighted by molar-refractivity contribution is 5.91. The van der Waals surface area contributed by atoms with E-state index >= 15 is 0 Å². The van der Waals surface area contributed by atoms with E-state index in [1.165, 1.54) is 6.07 Å².